The van der Waals surface area contributed by atoms with E-state index < -0.39 is 0 Å². The molecule has 94 valence electrons. The number of likely N-dealkylation sites (tertiary alicyclic amines) is 1. The number of carbonyl (C=O) groups excluding carboxylic acids is 1. The highest BCUT2D eigenvalue weighted by Crippen LogP contribution is 2.35. The summed E-state index contributed by atoms with van der Waals surface area (Å²) in [6, 6.07) is 0. The molecule has 2 nitrogen and oxygen atoms in total. The fourth-order valence-corrected chi connectivity index (χ4v) is 3.80. The van der Waals surface area contributed by atoms with Gasteiger partial charge in [0.1, 0.15) is 0 Å². The van der Waals surface area contributed by atoms with Gasteiger partial charge in [0.25, 0.3) is 0 Å². The fraction of sp³-hybridized carbons (Fsp3) is 0.800. The average molecular weight is 233 g/mol. The molecule has 1 saturated heterocycles. The fourth-order valence-electron chi connectivity index (χ4n) is 3.80. The van der Waals surface area contributed by atoms with Gasteiger partial charge in [-0.15, -0.1) is 0 Å². The van der Waals surface area contributed by atoms with Crippen molar-refractivity contribution in [2.24, 2.45) is 17.8 Å². The van der Waals surface area contributed by atoms with Gasteiger partial charge in [0.2, 0.25) is 5.91 Å². The van der Waals surface area contributed by atoms with Crippen LogP contribution in [0.15, 0.2) is 12.2 Å². The molecule has 0 aromatic rings. The Balaban J connectivity index is 1.60. The van der Waals surface area contributed by atoms with E-state index in [0.717, 1.165) is 37.8 Å². The number of nitrogens with zero attached hydrogens (tertiary/aromatic N) is 1. The van der Waals surface area contributed by atoms with Crippen LogP contribution in [0.2, 0.25) is 0 Å². The van der Waals surface area contributed by atoms with Gasteiger partial charge in [-0.2, -0.15) is 0 Å². The van der Waals surface area contributed by atoms with Crippen molar-refractivity contribution in [1.29, 1.82) is 0 Å². The van der Waals surface area contributed by atoms with E-state index in [4.69, 9.17) is 0 Å². The van der Waals surface area contributed by atoms with Crippen LogP contribution < -0.4 is 0 Å². The quantitative estimate of drug-likeness (QED) is 0.638. The van der Waals surface area contributed by atoms with Crippen molar-refractivity contribution in [2.45, 2.75) is 44.9 Å². The molecular formula is C15H23NO. The summed E-state index contributed by atoms with van der Waals surface area (Å²) in [7, 11) is 0. The van der Waals surface area contributed by atoms with E-state index in [2.05, 4.69) is 17.1 Å². The molecule has 0 bridgehead atoms. The van der Waals surface area contributed by atoms with Crippen molar-refractivity contribution >= 4 is 5.91 Å². The van der Waals surface area contributed by atoms with Gasteiger partial charge in [0.05, 0.1) is 0 Å². The minimum Gasteiger partial charge on any atom is -0.342 e. The first-order valence-corrected chi connectivity index (χ1v) is 7.28. The summed E-state index contributed by atoms with van der Waals surface area (Å²) in [5, 5.41) is 0. The van der Waals surface area contributed by atoms with Crippen molar-refractivity contribution in [3.8, 4) is 0 Å². The molecule has 2 unspecified atom stereocenters. The number of carbonyl (C=O) groups is 1. The van der Waals surface area contributed by atoms with Crippen molar-refractivity contribution < 1.29 is 4.79 Å². The maximum absolute atomic E-state index is 12.4. The van der Waals surface area contributed by atoms with E-state index in [0.29, 0.717) is 11.8 Å². The predicted octanol–water partition coefficient (Wildman–Crippen LogP) is 2.99. The standard InChI is InChI=1S/C15H23NO/c17-15(12-6-2-1-3-7-12)16-10-13-8-4-5-9-14(13)11-16/h4-5,12-14H,1-3,6-11H2. The highest BCUT2D eigenvalue weighted by atomic mass is 16.2. The second-order valence-corrected chi connectivity index (χ2v) is 6.04. The summed E-state index contributed by atoms with van der Waals surface area (Å²) < 4.78 is 0. The number of fused-ring (bicyclic) bond motifs is 1. The van der Waals surface area contributed by atoms with Crippen molar-refractivity contribution in [3.05, 3.63) is 12.2 Å². The van der Waals surface area contributed by atoms with Gasteiger partial charge in [0, 0.05) is 19.0 Å². The van der Waals surface area contributed by atoms with Crippen LogP contribution in [0.3, 0.4) is 0 Å². The molecule has 2 aliphatic carbocycles. The second-order valence-electron chi connectivity index (χ2n) is 6.04. The molecule has 1 aliphatic heterocycles. The summed E-state index contributed by atoms with van der Waals surface area (Å²) in [5.74, 6) is 2.34. The molecule has 2 fully saturated rings. The monoisotopic (exact) mass is 233 g/mol. The molecule has 17 heavy (non-hydrogen) atoms. The number of amides is 1. The van der Waals surface area contributed by atoms with Crippen LogP contribution in [0, 0.1) is 17.8 Å². The van der Waals surface area contributed by atoms with Gasteiger partial charge < -0.3 is 4.90 Å². The van der Waals surface area contributed by atoms with Gasteiger partial charge in [0.15, 0.2) is 0 Å². The minimum atomic E-state index is 0.358. The molecule has 0 radical (unpaired) electrons. The van der Waals surface area contributed by atoms with Crippen LogP contribution in [0.4, 0.5) is 0 Å². The van der Waals surface area contributed by atoms with Crippen LogP contribution in [-0.4, -0.2) is 23.9 Å². The third-order valence-electron chi connectivity index (χ3n) is 4.89. The molecule has 0 aromatic carbocycles. The van der Waals surface area contributed by atoms with E-state index in [1.807, 2.05) is 0 Å². The highest BCUT2D eigenvalue weighted by Gasteiger charge is 2.37. The largest absolute Gasteiger partial charge is 0.342 e. The van der Waals surface area contributed by atoms with E-state index >= 15 is 0 Å². The van der Waals surface area contributed by atoms with Gasteiger partial charge in [-0.25, -0.2) is 0 Å². The Morgan fingerprint density at radius 2 is 1.53 bits per heavy atom. The lowest BCUT2D eigenvalue weighted by molar-refractivity contribution is -0.135. The topological polar surface area (TPSA) is 20.3 Å². The van der Waals surface area contributed by atoms with E-state index in [1.54, 1.807) is 0 Å². The summed E-state index contributed by atoms with van der Waals surface area (Å²) in [6.45, 7) is 2.06. The zero-order valence-corrected chi connectivity index (χ0v) is 10.6. The Morgan fingerprint density at radius 1 is 0.941 bits per heavy atom. The lowest BCUT2D eigenvalue weighted by Crippen LogP contribution is -2.35. The van der Waals surface area contributed by atoms with Crippen molar-refractivity contribution in [1.82, 2.24) is 4.90 Å². The minimum absolute atomic E-state index is 0.358. The molecule has 0 spiro atoms. The van der Waals surface area contributed by atoms with Gasteiger partial charge in [-0.05, 0) is 37.5 Å². The maximum Gasteiger partial charge on any atom is 0.225 e. The molecule has 1 amide bonds. The second kappa shape index (κ2) is 4.83. The van der Waals surface area contributed by atoms with Gasteiger partial charge >= 0.3 is 0 Å². The predicted molar refractivity (Wildman–Crippen MR) is 68.5 cm³/mol. The summed E-state index contributed by atoms with van der Waals surface area (Å²) in [5.41, 5.74) is 0. The third-order valence-corrected chi connectivity index (χ3v) is 4.89. The summed E-state index contributed by atoms with van der Waals surface area (Å²) in [4.78, 5) is 14.6. The first-order valence-electron chi connectivity index (χ1n) is 7.28. The third kappa shape index (κ3) is 2.27. The SMILES string of the molecule is O=C(C1CCCCC1)N1CC2CC=CCC2C1. The Morgan fingerprint density at radius 3 is 2.12 bits per heavy atom. The molecule has 1 saturated carbocycles. The molecule has 0 aromatic heterocycles. The zero-order chi connectivity index (χ0) is 11.7. The molecule has 1 heterocycles. The van der Waals surface area contributed by atoms with E-state index in [9.17, 15) is 4.79 Å². The van der Waals surface area contributed by atoms with Crippen molar-refractivity contribution in [3.63, 3.8) is 0 Å². The first-order chi connectivity index (χ1) is 8.34. The number of hydrogen-bond donors (Lipinski definition) is 0. The zero-order valence-electron chi connectivity index (χ0n) is 10.6. The lowest BCUT2D eigenvalue weighted by atomic mass is 9.86. The lowest BCUT2D eigenvalue weighted by Gasteiger charge is -2.26. The summed E-state index contributed by atoms with van der Waals surface area (Å²) >= 11 is 0. The highest BCUT2D eigenvalue weighted by molar-refractivity contribution is 5.79. The van der Waals surface area contributed by atoms with E-state index in [1.165, 1.54) is 32.1 Å². The molecule has 3 rings (SSSR count). The Kier molecular flexibility index (Phi) is 3.21. The Hall–Kier alpha value is -0.790. The van der Waals surface area contributed by atoms with Crippen LogP contribution in [0.1, 0.15) is 44.9 Å². The first kappa shape index (κ1) is 11.3. The molecule has 2 atom stereocenters. The normalized spacial score (nSPS) is 33.8. The molecule has 3 aliphatic rings. The van der Waals surface area contributed by atoms with Gasteiger partial charge in [-0.1, -0.05) is 31.4 Å². The van der Waals surface area contributed by atoms with Crippen LogP contribution >= 0.6 is 0 Å². The Bertz CT molecular complexity index is 301. The Labute approximate surface area is 104 Å². The maximum atomic E-state index is 12.4. The number of rotatable bonds is 1. The van der Waals surface area contributed by atoms with Crippen LogP contribution in [0.5, 0.6) is 0 Å². The smallest absolute Gasteiger partial charge is 0.225 e. The number of allylic oxidation sites excluding steroid dienone is 2. The molecule has 2 heteroatoms. The van der Waals surface area contributed by atoms with E-state index in [-0.39, 0.29) is 0 Å². The van der Waals surface area contributed by atoms with Crippen molar-refractivity contribution in [2.75, 3.05) is 13.1 Å². The van der Waals surface area contributed by atoms with Gasteiger partial charge in [-0.3, -0.25) is 4.79 Å². The van der Waals surface area contributed by atoms with Crippen LogP contribution in [0.25, 0.3) is 0 Å². The van der Waals surface area contributed by atoms with Crippen LogP contribution in [-0.2, 0) is 4.79 Å². The molecular weight excluding hydrogens is 210 g/mol. The molecule has 0 N–H and O–H groups in total. The number of hydrogen-bond acceptors (Lipinski definition) is 1. The average Bonchev–Trinajstić information content (AvgIpc) is 2.82. The summed E-state index contributed by atoms with van der Waals surface area (Å²) in [6.07, 6.45) is 13.1.